The summed E-state index contributed by atoms with van der Waals surface area (Å²) >= 11 is 0. The van der Waals surface area contributed by atoms with Crippen molar-refractivity contribution in [1.29, 1.82) is 0 Å². The van der Waals surface area contributed by atoms with Crippen LogP contribution in [0.3, 0.4) is 0 Å². The summed E-state index contributed by atoms with van der Waals surface area (Å²) < 4.78 is 0. The summed E-state index contributed by atoms with van der Waals surface area (Å²) in [6.07, 6.45) is 0. The molecule has 0 aliphatic heterocycles. The Balaban J connectivity index is -0.000000288. The van der Waals surface area contributed by atoms with Crippen molar-refractivity contribution >= 4 is 57.2 Å². The normalized spacial score (nSPS) is 10.5. The van der Waals surface area contributed by atoms with Gasteiger partial charge in [-0.1, -0.05) is 37.4 Å². The van der Waals surface area contributed by atoms with Gasteiger partial charge in [0.05, 0.1) is 25.6 Å². The van der Waals surface area contributed by atoms with Crippen molar-refractivity contribution in [3.05, 3.63) is 95.6 Å². The molecule has 0 spiro atoms. The van der Waals surface area contributed by atoms with Gasteiger partial charge in [-0.2, -0.15) is 0 Å². The number of H-pyrrole nitrogens is 3. The number of aromatic amines is 3. The second kappa shape index (κ2) is 26.7. The van der Waals surface area contributed by atoms with E-state index < -0.39 is 33.9 Å². The van der Waals surface area contributed by atoms with Gasteiger partial charge in [0.1, 0.15) is 5.82 Å². The van der Waals surface area contributed by atoms with Crippen LogP contribution in [0.2, 0.25) is 52.4 Å². The third kappa shape index (κ3) is 32.3. The number of hydrogen-bond acceptors (Lipinski definition) is 9. The first kappa shape index (κ1) is 57.6. The molecule has 7 N–H and O–H groups in total. The first-order valence-corrected chi connectivity index (χ1v) is 27.4. The first-order chi connectivity index (χ1) is 21.9. The molecule has 0 aliphatic carbocycles. The van der Waals surface area contributed by atoms with Crippen molar-refractivity contribution in [2.75, 3.05) is 19.9 Å². The van der Waals surface area contributed by atoms with E-state index in [1.54, 1.807) is 52.4 Å². The van der Waals surface area contributed by atoms with Gasteiger partial charge in [-0.3, -0.25) is 0 Å². The summed E-state index contributed by atoms with van der Waals surface area (Å²) in [5.41, 5.74) is 4.09. The van der Waals surface area contributed by atoms with Gasteiger partial charge in [-0.25, -0.2) is 19.9 Å². The molecule has 4 aromatic heterocycles. The minimum absolute atomic E-state index is 0. The third-order valence-corrected chi connectivity index (χ3v) is 8.92. The zero-order valence-electron chi connectivity index (χ0n) is 34.5. The van der Waals surface area contributed by atoms with Crippen LogP contribution in [0.1, 0.15) is 22.8 Å². The SMILES string of the molecule is Cc1cccc(N[Si](C)(C)[O-])[nH+]1.Cc1cccc(N[Si](C)(C)[O-])[nH+]1.Cc1cccc(N[Si](C)(C)[O-])[nH+]1.Cc1cccc(N[Si](C)(C)[O-])n1.[Li+].[Li+].[Li+].[Li+]. The van der Waals surface area contributed by atoms with Crippen molar-refractivity contribution in [2.45, 2.75) is 80.1 Å². The summed E-state index contributed by atoms with van der Waals surface area (Å²) in [7, 11) is -9.84. The Kier molecular flexibility index (Phi) is 29.5. The van der Waals surface area contributed by atoms with Crippen LogP contribution in [-0.4, -0.2) is 38.9 Å². The van der Waals surface area contributed by atoms with E-state index in [0.29, 0.717) is 5.82 Å². The molecule has 4 heterocycles. The molecule has 12 nitrogen and oxygen atoms in total. The Morgan fingerprint density at radius 3 is 0.923 bits per heavy atom. The zero-order chi connectivity index (χ0) is 36.8. The number of anilines is 4. The summed E-state index contributed by atoms with van der Waals surface area (Å²) in [6, 6.07) is 22.9. The van der Waals surface area contributed by atoms with Crippen LogP contribution in [-0.2, 0) is 0 Å². The molecule has 4 aromatic rings. The van der Waals surface area contributed by atoms with E-state index in [4.69, 9.17) is 0 Å². The molecule has 264 valence electrons. The van der Waals surface area contributed by atoms with Gasteiger partial charge in [-0.15, -0.1) is 0 Å². The first-order valence-electron chi connectivity index (χ1n) is 15.7. The largest absolute Gasteiger partial charge is 1.00 e. The minimum Gasteiger partial charge on any atom is -0.843 e. The quantitative estimate of drug-likeness (QED) is 0.126. The number of rotatable bonds is 8. The van der Waals surface area contributed by atoms with Crippen LogP contribution in [0.25, 0.3) is 0 Å². The number of aromatic nitrogens is 4. The average molecular weight is 756 g/mol. The van der Waals surface area contributed by atoms with E-state index in [1.807, 2.05) is 100 Å². The van der Waals surface area contributed by atoms with Gasteiger partial charge in [0.15, 0.2) is 25.4 Å². The molecule has 0 aromatic carbocycles. The number of nitrogens with zero attached hydrogens (tertiary/aromatic N) is 1. The topological polar surface area (TPSA) is 196 Å². The maximum absolute atomic E-state index is 11.4. The number of hydrogen-bond donors (Lipinski definition) is 4. The van der Waals surface area contributed by atoms with Gasteiger partial charge in [0.2, 0.25) is 0 Å². The third-order valence-electron chi connectivity index (χ3n) is 5.45. The minimum atomic E-state index is -2.48. The molecule has 0 atom stereocenters. The Labute approximate surface area is 364 Å². The van der Waals surface area contributed by atoms with Crippen LogP contribution in [0.4, 0.5) is 23.3 Å². The van der Waals surface area contributed by atoms with Crippen LogP contribution in [0, 0.1) is 27.7 Å². The van der Waals surface area contributed by atoms with Crippen LogP contribution >= 0.6 is 0 Å². The van der Waals surface area contributed by atoms with Crippen LogP contribution in [0.5, 0.6) is 0 Å². The van der Waals surface area contributed by atoms with E-state index in [2.05, 4.69) is 39.9 Å². The molecule has 0 unspecified atom stereocenters. The smallest absolute Gasteiger partial charge is 0.843 e. The molecule has 4 rings (SSSR count). The Morgan fingerprint density at radius 1 is 0.423 bits per heavy atom. The molecular formula is C32H55Li4N8O4Si4+3. The predicted molar refractivity (Wildman–Crippen MR) is 197 cm³/mol. The monoisotopic (exact) mass is 755 g/mol. The molecule has 0 aliphatic rings. The van der Waals surface area contributed by atoms with Gasteiger partial charge in [-0.05, 0) is 97.3 Å². The van der Waals surface area contributed by atoms with Crippen molar-refractivity contribution in [3.8, 4) is 0 Å². The van der Waals surface area contributed by atoms with Crippen molar-refractivity contribution in [3.63, 3.8) is 0 Å². The summed E-state index contributed by atoms with van der Waals surface area (Å²) in [5, 5.41) is 0. The maximum atomic E-state index is 11.4. The number of nitrogens with one attached hydrogen (secondary N) is 7. The number of aryl methyl sites for hydroxylation is 4. The molecule has 0 saturated carbocycles. The van der Waals surface area contributed by atoms with E-state index in [0.717, 1.165) is 40.2 Å². The van der Waals surface area contributed by atoms with Crippen molar-refractivity contribution in [1.82, 2.24) is 4.98 Å². The second-order valence-corrected chi connectivity index (χ2v) is 26.5. The molecular weight excluding hydrogens is 701 g/mol. The molecule has 0 bridgehead atoms. The van der Waals surface area contributed by atoms with E-state index in [1.165, 1.54) is 0 Å². The van der Waals surface area contributed by atoms with E-state index >= 15 is 0 Å². The molecule has 20 heteroatoms. The van der Waals surface area contributed by atoms with Crippen LogP contribution < -0.4 is 130 Å². The molecule has 0 radical (unpaired) electrons. The fourth-order valence-corrected chi connectivity index (χ4v) is 7.01. The van der Waals surface area contributed by atoms with Crippen molar-refractivity contribution < 1.29 is 110 Å². The fourth-order valence-electron chi connectivity index (χ4n) is 3.87. The Morgan fingerprint density at radius 2 is 0.692 bits per heavy atom. The average Bonchev–Trinajstić information content (AvgIpc) is 2.86. The number of pyridine rings is 4. The molecule has 0 amide bonds. The predicted octanol–water partition coefficient (Wildman–Crippen LogP) is -10.3. The molecule has 52 heavy (non-hydrogen) atoms. The summed E-state index contributed by atoms with van der Waals surface area (Å²) in [6.45, 7) is 21.6. The van der Waals surface area contributed by atoms with Crippen LogP contribution in [0.15, 0.2) is 72.8 Å². The molecule has 0 saturated heterocycles. The molecule has 0 fully saturated rings. The van der Waals surface area contributed by atoms with Crippen molar-refractivity contribution in [2.24, 2.45) is 0 Å². The Bertz CT molecular complexity index is 1330. The Hall–Kier alpha value is -1.10. The van der Waals surface area contributed by atoms with Gasteiger partial charge < -0.3 is 39.1 Å². The standard InChI is InChI=1S/4C8H13N2OSi.4Li/c4*1-7-5-4-6-8(9-7)10-12(2,3)11;;;;/h4*4-6H,1-3H3,(H,9,10);;;;/q4*-1;4*+1/p+3. The second-order valence-electron chi connectivity index (χ2n) is 13.4. The van der Waals surface area contributed by atoms with Gasteiger partial charge in [0, 0.05) is 23.9 Å². The summed E-state index contributed by atoms with van der Waals surface area (Å²) in [4.78, 5) is 70.7. The van der Waals surface area contributed by atoms with E-state index in [9.17, 15) is 19.2 Å². The summed E-state index contributed by atoms with van der Waals surface area (Å²) in [5.74, 6) is 3.16. The maximum Gasteiger partial charge on any atom is 1.00 e. The zero-order valence-corrected chi connectivity index (χ0v) is 38.5. The van der Waals surface area contributed by atoms with E-state index in [-0.39, 0.29) is 75.4 Å². The fraction of sp³-hybridized carbons (Fsp3) is 0.375. The van der Waals surface area contributed by atoms with Gasteiger partial charge >= 0.3 is 75.4 Å². The van der Waals surface area contributed by atoms with Gasteiger partial charge in [0.25, 0.3) is 17.5 Å².